The zero-order valence-corrected chi connectivity index (χ0v) is 17.8. The fourth-order valence-electron chi connectivity index (χ4n) is 2.79. The van der Waals surface area contributed by atoms with Crippen molar-refractivity contribution in [1.82, 2.24) is 25.6 Å². The molecule has 1 saturated heterocycles. The Morgan fingerprint density at radius 2 is 1.84 bits per heavy atom. The van der Waals surface area contributed by atoms with Crippen LogP contribution in [0.3, 0.4) is 0 Å². The highest BCUT2D eigenvalue weighted by Crippen LogP contribution is 2.12. The Kier molecular flexibility index (Phi) is 5.95. The summed E-state index contributed by atoms with van der Waals surface area (Å²) in [7, 11) is -4.30. The lowest BCUT2D eigenvalue weighted by Gasteiger charge is -2.20. The van der Waals surface area contributed by atoms with E-state index in [2.05, 4.69) is 10.5 Å². The van der Waals surface area contributed by atoms with E-state index < -0.39 is 35.0 Å². The second-order valence-corrected chi connectivity index (χ2v) is 8.56. The lowest BCUT2D eigenvalue weighted by atomic mass is 10.1. The second-order valence-electron chi connectivity index (χ2n) is 6.88. The molecule has 0 bridgehead atoms. The average Bonchev–Trinajstić information content (AvgIpc) is 3.17. The Hall–Kier alpha value is -2.92. The summed E-state index contributed by atoms with van der Waals surface area (Å²) in [6, 6.07) is 5.88. The van der Waals surface area contributed by atoms with Gasteiger partial charge < -0.3 is 9.84 Å². The minimum atomic E-state index is -4.30. The lowest BCUT2D eigenvalue weighted by Crippen LogP contribution is -2.49. The number of carbonyl (C=O) groups is 2. The molecule has 0 radical (unpaired) electrons. The number of aryl methyl sites for hydroxylation is 1. The number of sulfonamides is 1. The Bertz CT molecular complexity index is 1150. The zero-order valence-electron chi connectivity index (χ0n) is 21.0. The van der Waals surface area contributed by atoms with Gasteiger partial charge in [-0.05, 0) is 43.9 Å². The molecule has 1 fully saturated rings. The van der Waals surface area contributed by atoms with Gasteiger partial charge >= 0.3 is 6.03 Å². The molecule has 3 amide bonds. The third-order valence-electron chi connectivity index (χ3n) is 4.38. The zero-order chi connectivity index (χ0) is 25.9. The minimum absolute atomic E-state index is 0.0142. The highest BCUT2D eigenvalue weighted by molar-refractivity contribution is 7.90. The van der Waals surface area contributed by atoms with E-state index in [1.54, 1.807) is 11.6 Å². The maximum absolute atomic E-state index is 12.6. The van der Waals surface area contributed by atoms with Gasteiger partial charge in [-0.25, -0.2) is 22.9 Å². The average molecular weight is 454 g/mol. The van der Waals surface area contributed by atoms with Crippen LogP contribution in [0.2, 0.25) is 0 Å². The van der Waals surface area contributed by atoms with Crippen LogP contribution in [0.25, 0.3) is 0 Å². The number of hydrogen-bond acceptors (Lipinski definition) is 7. The maximum Gasteiger partial charge on any atom is 0.343 e. The molecule has 1 aromatic carbocycles. The SMILES string of the molecule is [2H]C1([2H])CCCCC([2H])([2H])N1NC(=O)NS(=O)(=O)c1ccc(CCNC(=O)c2cc(C)on2)cc1. The van der Waals surface area contributed by atoms with Gasteiger partial charge in [0.2, 0.25) is 0 Å². The number of urea groups is 1. The fourth-order valence-corrected chi connectivity index (χ4v) is 3.69. The van der Waals surface area contributed by atoms with Gasteiger partial charge in [-0.3, -0.25) is 10.2 Å². The number of carbonyl (C=O) groups excluding carboxylic acids is 2. The van der Waals surface area contributed by atoms with E-state index in [9.17, 15) is 18.0 Å². The van der Waals surface area contributed by atoms with Gasteiger partial charge in [0.05, 0.1) is 4.90 Å². The number of nitrogens with one attached hydrogen (secondary N) is 3. The number of nitrogens with zero attached hydrogens (tertiary/aromatic N) is 2. The van der Waals surface area contributed by atoms with E-state index in [1.807, 2.05) is 5.43 Å². The molecule has 0 aliphatic carbocycles. The van der Waals surface area contributed by atoms with Crippen LogP contribution >= 0.6 is 0 Å². The molecule has 11 heteroatoms. The highest BCUT2D eigenvalue weighted by atomic mass is 32.2. The van der Waals surface area contributed by atoms with Crippen LogP contribution in [0.5, 0.6) is 0 Å². The van der Waals surface area contributed by atoms with Crippen LogP contribution in [-0.2, 0) is 16.4 Å². The number of aromatic nitrogens is 1. The van der Waals surface area contributed by atoms with Crippen LogP contribution < -0.4 is 15.5 Å². The number of hydrazine groups is 1. The molecule has 3 rings (SSSR count). The largest absolute Gasteiger partial charge is 0.361 e. The molecular formula is C20H27N5O5S. The molecule has 168 valence electrons. The Balaban J connectivity index is 1.57. The normalized spacial score (nSPS) is 20.3. The summed E-state index contributed by atoms with van der Waals surface area (Å²) in [5, 5.41) is 6.84. The summed E-state index contributed by atoms with van der Waals surface area (Å²) in [6.07, 6.45) is 1.25. The fraction of sp³-hybridized carbons (Fsp3) is 0.450. The third-order valence-corrected chi connectivity index (χ3v) is 5.72. The number of rotatable bonds is 7. The van der Waals surface area contributed by atoms with Crippen molar-refractivity contribution >= 4 is 22.0 Å². The van der Waals surface area contributed by atoms with Gasteiger partial charge in [0, 0.05) is 31.1 Å². The van der Waals surface area contributed by atoms with Crippen LogP contribution in [0.4, 0.5) is 4.79 Å². The van der Waals surface area contributed by atoms with Gasteiger partial charge in [0.1, 0.15) is 5.76 Å². The van der Waals surface area contributed by atoms with Crippen LogP contribution in [-0.4, -0.2) is 50.1 Å². The van der Waals surface area contributed by atoms with Crippen LogP contribution in [0.15, 0.2) is 39.8 Å². The second kappa shape index (κ2) is 10.4. The molecule has 0 atom stereocenters. The molecule has 31 heavy (non-hydrogen) atoms. The Morgan fingerprint density at radius 1 is 1.16 bits per heavy atom. The molecule has 1 aliphatic heterocycles. The van der Waals surface area contributed by atoms with Crippen molar-refractivity contribution in [2.45, 2.75) is 43.9 Å². The number of amides is 3. The molecule has 1 aromatic heterocycles. The number of benzene rings is 1. The van der Waals surface area contributed by atoms with Crippen molar-refractivity contribution in [2.75, 3.05) is 19.5 Å². The first kappa shape index (κ1) is 17.7. The maximum atomic E-state index is 12.6. The van der Waals surface area contributed by atoms with E-state index >= 15 is 0 Å². The summed E-state index contributed by atoms with van der Waals surface area (Å²) >= 11 is 0. The molecule has 2 heterocycles. The van der Waals surface area contributed by atoms with E-state index in [-0.39, 0.29) is 30.0 Å². The Morgan fingerprint density at radius 3 is 2.45 bits per heavy atom. The molecule has 2 aromatic rings. The van der Waals surface area contributed by atoms with Crippen molar-refractivity contribution < 1.29 is 28.0 Å². The first-order valence-electron chi connectivity index (χ1n) is 11.7. The predicted molar refractivity (Wildman–Crippen MR) is 113 cm³/mol. The quantitative estimate of drug-likeness (QED) is 0.581. The molecule has 0 spiro atoms. The van der Waals surface area contributed by atoms with Gasteiger partial charge in [-0.2, -0.15) is 0 Å². The standard InChI is InChI=1S/C20H27N5O5S/c1-15-14-18(23-30-15)19(26)21-11-10-16-6-8-17(9-7-16)31(28,29)24-20(27)22-25-12-4-2-3-5-13-25/h6-9,14H,2-5,10-13H2,1H3,(H,21,26)(H2,22,24,27)/i12D2,13D2. The van der Waals surface area contributed by atoms with Gasteiger partial charge in [-0.1, -0.05) is 30.1 Å². The molecule has 1 aliphatic rings. The molecule has 0 unspecified atom stereocenters. The van der Waals surface area contributed by atoms with E-state index in [4.69, 9.17) is 10.0 Å². The summed E-state index contributed by atoms with van der Waals surface area (Å²) in [6.45, 7) is -2.43. The first-order chi connectivity index (χ1) is 16.3. The van der Waals surface area contributed by atoms with Crippen LogP contribution in [0, 0.1) is 6.92 Å². The molecule has 0 saturated carbocycles. The van der Waals surface area contributed by atoms with Crippen LogP contribution in [0.1, 0.15) is 53.0 Å². The van der Waals surface area contributed by atoms with Crippen molar-refractivity contribution in [3.05, 3.63) is 47.3 Å². The monoisotopic (exact) mass is 453 g/mol. The van der Waals surface area contributed by atoms with E-state index in [1.165, 1.54) is 30.3 Å². The van der Waals surface area contributed by atoms with Crippen molar-refractivity contribution in [3.8, 4) is 0 Å². The summed E-state index contributed by atoms with van der Waals surface area (Å²) in [4.78, 5) is 24.1. The van der Waals surface area contributed by atoms with Gasteiger partial charge in [0.25, 0.3) is 15.9 Å². The van der Waals surface area contributed by atoms with Gasteiger partial charge in [-0.15, -0.1) is 0 Å². The lowest BCUT2D eigenvalue weighted by molar-refractivity contribution is 0.0945. The topological polar surface area (TPSA) is 134 Å². The highest BCUT2D eigenvalue weighted by Gasteiger charge is 2.19. The molecule has 10 nitrogen and oxygen atoms in total. The minimum Gasteiger partial charge on any atom is -0.361 e. The molecule has 3 N–H and O–H groups in total. The first-order valence-corrected chi connectivity index (χ1v) is 11.2. The van der Waals surface area contributed by atoms with Crippen molar-refractivity contribution in [1.29, 1.82) is 0 Å². The van der Waals surface area contributed by atoms with Crippen molar-refractivity contribution in [2.24, 2.45) is 0 Å². The Labute approximate surface area is 187 Å². The predicted octanol–water partition coefficient (Wildman–Crippen LogP) is 1.73. The van der Waals surface area contributed by atoms with E-state index in [0.717, 1.165) is 5.56 Å². The number of hydrogen-bond donors (Lipinski definition) is 3. The van der Waals surface area contributed by atoms with E-state index in [0.29, 0.717) is 30.0 Å². The summed E-state index contributed by atoms with van der Waals surface area (Å²) in [5.74, 6) is 0.118. The smallest absolute Gasteiger partial charge is 0.343 e. The third kappa shape index (κ3) is 6.79. The van der Waals surface area contributed by atoms with Gasteiger partial charge in [0.15, 0.2) is 5.69 Å². The van der Waals surface area contributed by atoms with Crippen molar-refractivity contribution in [3.63, 3.8) is 0 Å². The summed E-state index contributed by atoms with van der Waals surface area (Å²) < 4.78 is 64.0. The molecular weight excluding hydrogens is 422 g/mol. The summed E-state index contributed by atoms with van der Waals surface area (Å²) in [5.41, 5.74) is 2.93.